The Morgan fingerprint density at radius 1 is 0.900 bits per heavy atom. The maximum absolute atomic E-state index is 9.62. The topological polar surface area (TPSA) is 20.2 Å². The Morgan fingerprint density at radius 3 is 2.25 bits per heavy atom. The molecule has 0 amide bonds. The van der Waals surface area contributed by atoms with Gasteiger partial charge in [-0.15, -0.1) is 0 Å². The highest BCUT2D eigenvalue weighted by atomic mass is 16.3. The van der Waals surface area contributed by atoms with E-state index in [0.717, 1.165) is 12.8 Å². The Hall–Kier alpha value is -1.76. The first kappa shape index (κ1) is 14.6. The first-order valence-electron chi connectivity index (χ1n) is 7.38. The van der Waals surface area contributed by atoms with Gasteiger partial charge in [-0.25, -0.2) is 0 Å². The molecule has 0 saturated heterocycles. The Bertz CT molecular complexity index is 545. The molecule has 0 aliphatic heterocycles. The van der Waals surface area contributed by atoms with Crippen molar-refractivity contribution >= 4 is 0 Å². The smallest absolute Gasteiger partial charge is 0.115 e. The summed E-state index contributed by atoms with van der Waals surface area (Å²) in [5, 5.41) is 9.62. The van der Waals surface area contributed by atoms with Crippen LogP contribution >= 0.6 is 0 Å². The summed E-state index contributed by atoms with van der Waals surface area (Å²) in [7, 11) is 0. The van der Waals surface area contributed by atoms with Crippen molar-refractivity contribution in [2.24, 2.45) is 11.8 Å². The highest BCUT2D eigenvalue weighted by molar-refractivity contribution is 5.34. The van der Waals surface area contributed by atoms with Crippen LogP contribution in [0.1, 0.15) is 30.5 Å². The molecule has 1 N–H and O–H groups in total. The second-order valence-electron chi connectivity index (χ2n) is 5.96. The summed E-state index contributed by atoms with van der Waals surface area (Å²) in [5.41, 5.74) is 3.93. The van der Waals surface area contributed by atoms with E-state index in [1.54, 1.807) is 6.07 Å². The van der Waals surface area contributed by atoms with Crippen molar-refractivity contribution in [1.82, 2.24) is 0 Å². The summed E-state index contributed by atoms with van der Waals surface area (Å²) in [5.74, 6) is 1.59. The van der Waals surface area contributed by atoms with E-state index in [-0.39, 0.29) is 0 Å². The number of aryl methyl sites for hydroxylation is 1. The van der Waals surface area contributed by atoms with Crippen LogP contribution < -0.4 is 0 Å². The standard InChI is InChI=1S/C19H24O/c1-14-9-10-19(20)13-18(14)12-16(3)15(2)11-17-7-5-4-6-8-17/h4-10,13,15-16,20H,11-12H2,1-3H3. The van der Waals surface area contributed by atoms with Crippen molar-refractivity contribution in [3.63, 3.8) is 0 Å². The zero-order valence-corrected chi connectivity index (χ0v) is 12.6. The summed E-state index contributed by atoms with van der Waals surface area (Å²) < 4.78 is 0. The van der Waals surface area contributed by atoms with Crippen molar-refractivity contribution in [3.05, 3.63) is 65.2 Å². The summed E-state index contributed by atoms with van der Waals surface area (Å²) in [4.78, 5) is 0. The van der Waals surface area contributed by atoms with Gasteiger partial charge in [-0.2, -0.15) is 0 Å². The number of phenolic OH excluding ortho intramolecular Hbond substituents is 1. The van der Waals surface area contributed by atoms with E-state index in [0.29, 0.717) is 17.6 Å². The monoisotopic (exact) mass is 268 g/mol. The number of aromatic hydroxyl groups is 1. The van der Waals surface area contributed by atoms with Crippen LogP contribution in [0.4, 0.5) is 0 Å². The third-order valence-electron chi connectivity index (χ3n) is 4.25. The Morgan fingerprint density at radius 2 is 1.55 bits per heavy atom. The highest BCUT2D eigenvalue weighted by Crippen LogP contribution is 2.24. The van der Waals surface area contributed by atoms with Crippen molar-refractivity contribution in [1.29, 1.82) is 0 Å². The summed E-state index contributed by atoms with van der Waals surface area (Å²) in [6.07, 6.45) is 2.13. The number of benzene rings is 2. The van der Waals surface area contributed by atoms with Gasteiger partial charge in [0.15, 0.2) is 0 Å². The number of hydrogen-bond donors (Lipinski definition) is 1. The van der Waals surface area contributed by atoms with Crippen molar-refractivity contribution in [2.75, 3.05) is 0 Å². The lowest BCUT2D eigenvalue weighted by atomic mass is 9.84. The molecule has 0 fully saturated rings. The quantitative estimate of drug-likeness (QED) is 0.829. The summed E-state index contributed by atoms with van der Waals surface area (Å²) in [6.45, 7) is 6.73. The minimum absolute atomic E-state index is 0.369. The van der Waals surface area contributed by atoms with Gasteiger partial charge in [0, 0.05) is 0 Å². The molecule has 2 atom stereocenters. The zero-order valence-electron chi connectivity index (χ0n) is 12.6. The normalized spacial score (nSPS) is 13.9. The number of rotatable bonds is 5. The molecule has 2 rings (SSSR count). The molecular weight excluding hydrogens is 244 g/mol. The van der Waals surface area contributed by atoms with Crippen LogP contribution in [0.25, 0.3) is 0 Å². The lowest BCUT2D eigenvalue weighted by Crippen LogP contribution is -2.14. The molecule has 0 saturated carbocycles. The Kier molecular flexibility index (Phi) is 4.84. The van der Waals surface area contributed by atoms with E-state index in [1.165, 1.54) is 16.7 Å². The van der Waals surface area contributed by atoms with Crippen LogP contribution in [0, 0.1) is 18.8 Å². The van der Waals surface area contributed by atoms with Crippen LogP contribution in [0.3, 0.4) is 0 Å². The molecule has 106 valence electrons. The summed E-state index contributed by atoms with van der Waals surface area (Å²) in [6, 6.07) is 16.3. The summed E-state index contributed by atoms with van der Waals surface area (Å²) >= 11 is 0. The van der Waals surface area contributed by atoms with E-state index in [1.807, 2.05) is 12.1 Å². The van der Waals surface area contributed by atoms with Crippen molar-refractivity contribution in [3.8, 4) is 5.75 Å². The lowest BCUT2D eigenvalue weighted by Gasteiger charge is -2.21. The van der Waals surface area contributed by atoms with Crippen LogP contribution in [-0.2, 0) is 12.8 Å². The molecule has 0 aliphatic rings. The molecule has 2 unspecified atom stereocenters. The molecule has 1 nitrogen and oxygen atoms in total. The number of hydrogen-bond acceptors (Lipinski definition) is 1. The van der Waals surface area contributed by atoms with Gasteiger partial charge in [-0.05, 0) is 60.4 Å². The molecular formula is C19H24O. The van der Waals surface area contributed by atoms with Crippen molar-refractivity contribution in [2.45, 2.75) is 33.6 Å². The fraction of sp³-hybridized carbons (Fsp3) is 0.368. The van der Waals surface area contributed by atoms with Crippen LogP contribution in [-0.4, -0.2) is 5.11 Å². The Labute approximate surface area is 122 Å². The van der Waals surface area contributed by atoms with E-state index in [4.69, 9.17) is 0 Å². The molecule has 0 aliphatic carbocycles. The SMILES string of the molecule is Cc1ccc(O)cc1CC(C)C(C)Cc1ccccc1. The lowest BCUT2D eigenvalue weighted by molar-refractivity contribution is 0.382. The molecule has 0 radical (unpaired) electrons. The van der Waals surface area contributed by atoms with Gasteiger partial charge in [0.05, 0.1) is 0 Å². The van der Waals surface area contributed by atoms with Gasteiger partial charge < -0.3 is 5.11 Å². The average molecular weight is 268 g/mol. The first-order valence-corrected chi connectivity index (χ1v) is 7.38. The zero-order chi connectivity index (χ0) is 14.5. The van der Waals surface area contributed by atoms with Gasteiger partial charge in [-0.1, -0.05) is 50.2 Å². The third-order valence-corrected chi connectivity index (χ3v) is 4.25. The van der Waals surface area contributed by atoms with Gasteiger partial charge in [0.2, 0.25) is 0 Å². The molecule has 2 aromatic rings. The van der Waals surface area contributed by atoms with Crippen LogP contribution in [0.2, 0.25) is 0 Å². The largest absolute Gasteiger partial charge is 0.508 e. The molecule has 0 aromatic heterocycles. The van der Waals surface area contributed by atoms with Crippen LogP contribution in [0.5, 0.6) is 5.75 Å². The average Bonchev–Trinajstić information content (AvgIpc) is 2.44. The molecule has 20 heavy (non-hydrogen) atoms. The van der Waals surface area contributed by atoms with Gasteiger partial charge in [0.1, 0.15) is 5.75 Å². The molecule has 2 aromatic carbocycles. The molecule has 0 bridgehead atoms. The van der Waals surface area contributed by atoms with E-state index in [2.05, 4.69) is 51.1 Å². The first-order chi connectivity index (χ1) is 9.56. The fourth-order valence-corrected chi connectivity index (χ4v) is 2.61. The van der Waals surface area contributed by atoms with Gasteiger partial charge >= 0.3 is 0 Å². The van der Waals surface area contributed by atoms with E-state index in [9.17, 15) is 5.11 Å². The molecule has 1 heteroatoms. The minimum atomic E-state index is 0.369. The fourth-order valence-electron chi connectivity index (χ4n) is 2.61. The maximum Gasteiger partial charge on any atom is 0.115 e. The van der Waals surface area contributed by atoms with Crippen molar-refractivity contribution < 1.29 is 5.11 Å². The van der Waals surface area contributed by atoms with E-state index < -0.39 is 0 Å². The second kappa shape index (κ2) is 6.60. The predicted molar refractivity (Wildman–Crippen MR) is 85.0 cm³/mol. The third kappa shape index (κ3) is 3.86. The van der Waals surface area contributed by atoms with E-state index >= 15 is 0 Å². The molecule has 0 spiro atoms. The minimum Gasteiger partial charge on any atom is -0.508 e. The molecule has 0 heterocycles. The van der Waals surface area contributed by atoms with Gasteiger partial charge in [0.25, 0.3) is 0 Å². The highest BCUT2D eigenvalue weighted by Gasteiger charge is 2.14. The Balaban J connectivity index is 2.00. The van der Waals surface area contributed by atoms with Gasteiger partial charge in [-0.3, -0.25) is 0 Å². The second-order valence-corrected chi connectivity index (χ2v) is 5.96. The number of phenols is 1. The predicted octanol–water partition coefficient (Wildman–Crippen LogP) is 4.76. The van der Waals surface area contributed by atoms with Crippen LogP contribution in [0.15, 0.2) is 48.5 Å². The maximum atomic E-state index is 9.62.